The molecule has 158 valence electrons. The Morgan fingerprint density at radius 3 is 2.31 bits per heavy atom. The van der Waals surface area contributed by atoms with Gasteiger partial charge in [-0.3, -0.25) is 0 Å². The number of nitrogens with zero attached hydrogens (tertiary/aromatic N) is 4. The number of nitrogens with two attached hydrogens (primary N) is 1. The topological polar surface area (TPSA) is 103 Å². The Morgan fingerprint density at radius 1 is 0.906 bits per heavy atom. The number of benzene rings is 3. The average Bonchev–Trinajstić information content (AvgIpc) is 3.07. The highest BCUT2D eigenvalue weighted by molar-refractivity contribution is 7.92. The van der Waals surface area contributed by atoms with Crippen LogP contribution in [0.25, 0.3) is 22.2 Å². The Kier molecular flexibility index (Phi) is 4.71. The van der Waals surface area contributed by atoms with Crippen LogP contribution in [0.4, 0.5) is 5.82 Å². The van der Waals surface area contributed by atoms with Crippen molar-refractivity contribution in [2.24, 2.45) is 5.10 Å². The summed E-state index contributed by atoms with van der Waals surface area (Å²) in [4.78, 5) is 9.27. The van der Waals surface area contributed by atoms with Gasteiger partial charge in [-0.2, -0.15) is 9.78 Å². The van der Waals surface area contributed by atoms with Crippen molar-refractivity contribution in [1.82, 2.24) is 14.6 Å². The summed E-state index contributed by atoms with van der Waals surface area (Å²) in [6.45, 7) is 1.99. The van der Waals surface area contributed by atoms with Crippen LogP contribution in [0, 0.1) is 6.92 Å². The van der Waals surface area contributed by atoms with E-state index in [0.717, 1.165) is 11.1 Å². The molecule has 0 amide bonds. The Hall–Kier alpha value is -4.04. The number of aromatic nitrogens is 3. The lowest BCUT2D eigenvalue weighted by Crippen LogP contribution is -2.06. The van der Waals surface area contributed by atoms with Crippen molar-refractivity contribution in [3.63, 3.8) is 0 Å². The number of anilines is 1. The molecule has 0 bridgehead atoms. The van der Waals surface area contributed by atoms with Gasteiger partial charge < -0.3 is 5.73 Å². The summed E-state index contributed by atoms with van der Waals surface area (Å²) < 4.78 is 28.4. The van der Waals surface area contributed by atoms with Gasteiger partial charge in [-0.1, -0.05) is 60.2 Å². The molecule has 0 spiro atoms. The van der Waals surface area contributed by atoms with E-state index < -0.39 is 9.84 Å². The third-order valence-corrected chi connectivity index (χ3v) is 6.95. The Morgan fingerprint density at radius 2 is 1.59 bits per heavy atom. The minimum atomic E-state index is -3.96. The van der Waals surface area contributed by atoms with Crippen molar-refractivity contribution in [2.75, 3.05) is 5.73 Å². The fourth-order valence-electron chi connectivity index (χ4n) is 3.60. The number of nitrogen functional groups attached to an aromatic ring is 1. The van der Waals surface area contributed by atoms with E-state index in [0.29, 0.717) is 11.0 Å². The fourth-order valence-corrected chi connectivity index (χ4v) is 5.10. The predicted octanol–water partition coefficient (Wildman–Crippen LogP) is 4.19. The van der Waals surface area contributed by atoms with Gasteiger partial charge in [-0.15, -0.1) is 0 Å². The van der Waals surface area contributed by atoms with Crippen molar-refractivity contribution in [2.45, 2.75) is 16.7 Å². The maximum absolute atomic E-state index is 13.5. The van der Waals surface area contributed by atoms with Crippen molar-refractivity contribution in [3.8, 4) is 0 Å². The van der Waals surface area contributed by atoms with Crippen LogP contribution in [0.2, 0.25) is 0 Å². The predicted molar refractivity (Wildman–Crippen MR) is 126 cm³/mol. The number of hydrogen-bond donors (Lipinski definition) is 1. The standard InChI is InChI=1S/C24H19N5O2S/c1-16-8-7-9-17(14-16)15-26-29-23(25)22(32(30,31)18-10-3-2-4-11-18)21-24(29)28-20-13-6-5-12-19(20)27-21/h2-15H,25H2,1H3. The molecule has 2 aromatic heterocycles. The largest absolute Gasteiger partial charge is 0.382 e. The number of sulfone groups is 1. The first-order chi connectivity index (χ1) is 15.4. The zero-order chi connectivity index (χ0) is 22.3. The number of hydrogen-bond acceptors (Lipinski definition) is 6. The summed E-state index contributed by atoms with van der Waals surface area (Å²) in [5.41, 5.74) is 9.98. The zero-order valence-electron chi connectivity index (χ0n) is 17.2. The maximum atomic E-state index is 13.5. The molecule has 0 atom stereocenters. The Balaban J connectivity index is 1.81. The van der Waals surface area contributed by atoms with Crippen molar-refractivity contribution < 1.29 is 8.42 Å². The van der Waals surface area contributed by atoms with Gasteiger partial charge in [0.15, 0.2) is 5.65 Å². The van der Waals surface area contributed by atoms with Crippen molar-refractivity contribution in [3.05, 3.63) is 90.0 Å². The highest BCUT2D eigenvalue weighted by Gasteiger charge is 2.30. The van der Waals surface area contributed by atoms with E-state index >= 15 is 0 Å². The van der Waals surface area contributed by atoms with Crippen LogP contribution in [0.3, 0.4) is 0 Å². The molecule has 2 N–H and O–H groups in total. The average molecular weight is 442 g/mol. The van der Waals surface area contributed by atoms with Gasteiger partial charge in [0.25, 0.3) is 0 Å². The summed E-state index contributed by atoms with van der Waals surface area (Å²) in [6, 6.07) is 23.2. The number of para-hydroxylation sites is 2. The number of rotatable bonds is 4. The summed E-state index contributed by atoms with van der Waals surface area (Å²) in [5.74, 6) is -0.0388. The monoisotopic (exact) mass is 441 g/mol. The lowest BCUT2D eigenvalue weighted by atomic mass is 10.2. The van der Waals surface area contributed by atoms with Crippen LogP contribution in [0.15, 0.2) is 93.8 Å². The second kappa shape index (κ2) is 7.58. The van der Waals surface area contributed by atoms with Gasteiger partial charge in [0.2, 0.25) is 9.84 Å². The molecule has 8 heteroatoms. The zero-order valence-corrected chi connectivity index (χ0v) is 18.0. The van der Waals surface area contributed by atoms with Crippen LogP contribution in [0.5, 0.6) is 0 Å². The third kappa shape index (κ3) is 3.30. The molecule has 0 aliphatic heterocycles. The summed E-state index contributed by atoms with van der Waals surface area (Å²) in [7, 11) is -3.96. The third-order valence-electron chi connectivity index (χ3n) is 5.12. The molecule has 0 unspecified atom stereocenters. The molecule has 0 radical (unpaired) electrons. The van der Waals surface area contributed by atoms with Gasteiger partial charge >= 0.3 is 0 Å². The van der Waals surface area contributed by atoms with E-state index in [4.69, 9.17) is 5.73 Å². The van der Waals surface area contributed by atoms with Crippen molar-refractivity contribution >= 4 is 44.1 Å². The second-order valence-electron chi connectivity index (χ2n) is 7.39. The first-order valence-electron chi connectivity index (χ1n) is 9.93. The molecule has 32 heavy (non-hydrogen) atoms. The first-order valence-corrected chi connectivity index (χ1v) is 11.4. The summed E-state index contributed by atoms with van der Waals surface area (Å²) in [6.07, 6.45) is 1.62. The van der Waals surface area contributed by atoms with Crippen LogP contribution < -0.4 is 5.73 Å². The first kappa shape index (κ1) is 19.9. The molecule has 3 aromatic carbocycles. The Bertz CT molecular complexity index is 1610. The quantitative estimate of drug-likeness (QED) is 0.421. The van der Waals surface area contributed by atoms with Gasteiger partial charge in [0.1, 0.15) is 16.2 Å². The normalized spacial score (nSPS) is 12.2. The van der Waals surface area contributed by atoms with E-state index in [2.05, 4.69) is 15.1 Å². The van der Waals surface area contributed by atoms with E-state index in [-0.39, 0.29) is 26.8 Å². The van der Waals surface area contributed by atoms with Crippen LogP contribution in [0.1, 0.15) is 11.1 Å². The van der Waals surface area contributed by atoms with Crippen LogP contribution in [-0.2, 0) is 9.84 Å². The van der Waals surface area contributed by atoms with Gasteiger partial charge in [-0.05, 0) is 36.8 Å². The molecule has 7 nitrogen and oxygen atoms in total. The molecule has 0 aliphatic carbocycles. The van der Waals surface area contributed by atoms with Gasteiger partial charge in [-0.25, -0.2) is 18.4 Å². The smallest absolute Gasteiger partial charge is 0.212 e. The lowest BCUT2D eigenvalue weighted by Gasteiger charge is -2.04. The highest BCUT2D eigenvalue weighted by atomic mass is 32.2. The number of aryl methyl sites for hydroxylation is 1. The van der Waals surface area contributed by atoms with E-state index in [1.807, 2.05) is 49.4 Å². The minimum Gasteiger partial charge on any atom is -0.382 e. The fraction of sp³-hybridized carbons (Fsp3) is 0.0417. The molecule has 0 saturated carbocycles. The molecule has 0 fully saturated rings. The molecular weight excluding hydrogens is 422 g/mol. The number of fused-ring (bicyclic) bond motifs is 2. The molecular formula is C24H19N5O2S. The molecule has 5 aromatic rings. The van der Waals surface area contributed by atoms with Crippen LogP contribution in [-0.4, -0.2) is 29.3 Å². The minimum absolute atomic E-state index is 0.0388. The SMILES string of the molecule is Cc1cccc(C=Nn2c(N)c(S(=O)(=O)c3ccccc3)c3nc4ccccc4nc32)c1. The summed E-state index contributed by atoms with van der Waals surface area (Å²) in [5, 5.41) is 4.48. The highest BCUT2D eigenvalue weighted by Crippen LogP contribution is 2.35. The van der Waals surface area contributed by atoms with E-state index in [9.17, 15) is 8.42 Å². The van der Waals surface area contributed by atoms with Crippen LogP contribution >= 0.6 is 0 Å². The van der Waals surface area contributed by atoms with E-state index in [1.165, 1.54) is 16.8 Å². The molecule has 0 aliphatic rings. The van der Waals surface area contributed by atoms with Gasteiger partial charge in [0.05, 0.1) is 22.1 Å². The maximum Gasteiger partial charge on any atom is 0.212 e. The Labute approximate surface area is 184 Å². The molecule has 0 saturated heterocycles. The summed E-state index contributed by atoms with van der Waals surface area (Å²) >= 11 is 0. The van der Waals surface area contributed by atoms with E-state index in [1.54, 1.807) is 30.5 Å². The second-order valence-corrected chi connectivity index (χ2v) is 9.27. The lowest BCUT2D eigenvalue weighted by molar-refractivity contribution is 0.597. The molecule has 2 heterocycles. The van der Waals surface area contributed by atoms with Crippen molar-refractivity contribution in [1.29, 1.82) is 0 Å². The molecule has 5 rings (SSSR count). The van der Waals surface area contributed by atoms with Gasteiger partial charge in [0, 0.05) is 0 Å².